The summed E-state index contributed by atoms with van der Waals surface area (Å²) in [5.74, 6) is -1.39. The molecular formula is C18H26N2O5S. The highest BCUT2D eigenvalue weighted by molar-refractivity contribution is 7.89. The van der Waals surface area contributed by atoms with Crippen LogP contribution in [-0.4, -0.2) is 48.8 Å². The molecule has 0 unspecified atom stereocenters. The summed E-state index contributed by atoms with van der Waals surface area (Å²) in [4.78, 5) is 23.6. The maximum atomic E-state index is 12.7. The molecule has 1 saturated heterocycles. The van der Waals surface area contributed by atoms with Crippen LogP contribution in [0.15, 0.2) is 29.2 Å². The molecule has 7 nitrogen and oxygen atoms in total. The molecule has 0 aliphatic carbocycles. The fourth-order valence-corrected chi connectivity index (χ4v) is 4.36. The second kappa shape index (κ2) is 8.18. The zero-order valence-corrected chi connectivity index (χ0v) is 16.1. The molecule has 0 aromatic heterocycles. The van der Waals surface area contributed by atoms with Crippen LogP contribution in [0.2, 0.25) is 0 Å². The minimum atomic E-state index is -3.57. The van der Waals surface area contributed by atoms with Crippen molar-refractivity contribution < 1.29 is 23.1 Å². The van der Waals surface area contributed by atoms with Gasteiger partial charge in [-0.2, -0.15) is 4.31 Å². The summed E-state index contributed by atoms with van der Waals surface area (Å²) in [5, 5.41) is 11.6. The smallest absolute Gasteiger partial charge is 0.326 e. The minimum absolute atomic E-state index is 0.141. The molecule has 2 N–H and O–H groups in total. The van der Waals surface area contributed by atoms with Crippen molar-refractivity contribution in [2.24, 2.45) is 11.8 Å². The number of carbonyl (C=O) groups excluding carboxylic acids is 1. The lowest BCUT2D eigenvalue weighted by molar-refractivity contribution is -0.140. The molecule has 2 rings (SSSR count). The number of carboxylic acid groups (broad SMARTS) is 1. The minimum Gasteiger partial charge on any atom is -0.480 e. The number of carboxylic acids is 1. The molecule has 0 bridgehead atoms. The van der Waals surface area contributed by atoms with E-state index in [1.165, 1.54) is 28.6 Å². The number of nitrogens with zero attached hydrogens (tertiary/aromatic N) is 1. The first-order valence-electron chi connectivity index (χ1n) is 8.76. The molecule has 1 aromatic carbocycles. The van der Waals surface area contributed by atoms with Gasteiger partial charge in [0.2, 0.25) is 10.0 Å². The molecule has 1 aromatic rings. The second-order valence-electron chi connectivity index (χ2n) is 7.14. The normalized spacial score (nSPS) is 17.8. The Morgan fingerprint density at radius 1 is 1.15 bits per heavy atom. The summed E-state index contributed by atoms with van der Waals surface area (Å²) in [6, 6.07) is 4.62. The molecule has 0 saturated carbocycles. The Labute approximate surface area is 154 Å². The standard InChI is InChI=1S/C18H26N2O5S/c1-12(2)16(18(22)23)19-17(21)14-4-6-15(7-5-14)26(24,25)20-10-8-13(3)9-11-20/h4-7,12-13,16H,8-11H2,1-3H3,(H,19,21)(H,22,23)/t16-/m0/s1. The van der Waals surface area contributed by atoms with Crippen LogP contribution < -0.4 is 5.32 Å². The second-order valence-corrected chi connectivity index (χ2v) is 9.08. The molecule has 1 heterocycles. The predicted octanol–water partition coefficient (Wildman–Crippen LogP) is 1.95. The van der Waals surface area contributed by atoms with Gasteiger partial charge < -0.3 is 10.4 Å². The topological polar surface area (TPSA) is 104 Å². The van der Waals surface area contributed by atoms with Crippen LogP contribution in [0.25, 0.3) is 0 Å². The van der Waals surface area contributed by atoms with E-state index in [0.717, 1.165) is 12.8 Å². The number of hydrogen-bond acceptors (Lipinski definition) is 4. The molecule has 144 valence electrons. The van der Waals surface area contributed by atoms with Crippen molar-refractivity contribution in [3.8, 4) is 0 Å². The SMILES string of the molecule is CC1CCN(S(=O)(=O)c2ccc(C(=O)N[C@H](C(=O)O)C(C)C)cc2)CC1. The van der Waals surface area contributed by atoms with Gasteiger partial charge in [0.05, 0.1) is 4.90 Å². The Hall–Kier alpha value is -1.93. The van der Waals surface area contributed by atoms with E-state index in [4.69, 9.17) is 5.11 Å². The van der Waals surface area contributed by atoms with Crippen LogP contribution in [0.3, 0.4) is 0 Å². The number of benzene rings is 1. The molecule has 1 amide bonds. The average molecular weight is 382 g/mol. The van der Waals surface area contributed by atoms with Gasteiger partial charge in [-0.05, 0) is 48.9 Å². The van der Waals surface area contributed by atoms with Crippen molar-refractivity contribution in [2.75, 3.05) is 13.1 Å². The average Bonchev–Trinajstić information content (AvgIpc) is 2.59. The van der Waals surface area contributed by atoms with Gasteiger partial charge in [-0.3, -0.25) is 4.79 Å². The fraction of sp³-hybridized carbons (Fsp3) is 0.556. The van der Waals surface area contributed by atoms with Gasteiger partial charge in [0.15, 0.2) is 0 Å². The summed E-state index contributed by atoms with van der Waals surface area (Å²) in [7, 11) is -3.57. The largest absolute Gasteiger partial charge is 0.480 e. The third kappa shape index (κ3) is 4.62. The van der Waals surface area contributed by atoms with E-state index in [-0.39, 0.29) is 16.4 Å². The van der Waals surface area contributed by atoms with Crippen LogP contribution in [0.5, 0.6) is 0 Å². The van der Waals surface area contributed by atoms with Crippen LogP contribution >= 0.6 is 0 Å². The van der Waals surface area contributed by atoms with Crippen LogP contribution in [0.1, 0.15) is 44.0 Å². The van der Waals surface area contributed by atoms with E-state index in [1.807, 2.05) is 0 Å². The van der Waals surface area contributed by atoms with Crippen molar-refractivity contribution in [3.63, 3.8) is 0 Å². The molecule has 0 spiro atoms. The highest BCUT2D eigenvalue weighted by Gasteiger charge is 2.28. The van der Waals surface area contributed by atoms with Gasteiger partial charge in [-0.15, -0.1) is 0 Å². The zero-order valence-electron chi connectivity index (χ0n) is 15.3. The van der Waals surface area contributed by atoms with Gasteiger partial charge >= 0.3 is 5.97 Å². The molecule has 1 aliphatic heterocycles. The molecule has 26 heavy (non-hydrogen) atoms. The Balaban J connectivity index is 2.12. The van der Waals surface area contributed by atoms with E-state index in [2.05, 4.69) is 12.2 Å². The molecule has 0 radical (unpaired) electrons. The lowest BCUT2D eigenvalue weighted by atomic mass is 10.0. The summed E-state index contributed by atoms with van der Waals surface area (Å²) in [5.41, 5.74) is 0.225. The molecular weight excluding hydrogens is 356 g/mol. The summed E-state index contributed by atoms with van der Waals surface area (Å²) >= 11 is 0. The van der Waals surface area contributed by atoms with Crippen molar-refractivity contribution in [3.05, 3.63) is 29.8 Å². The van der Waals surface area contributed by atoms with Gasteiger partial charge in [0, 0.05) is 18.7 Å². The van der Waals surface area contributed by atoms with Gasteiger partial charge in [0.25, 0.3) is 5.91 Å². The van der Waals surface area contributed by atoms with Crippen molar-refractivity contribution in [1.82, 2.24) is 9.62 Å². The van der Waals surface area contributed by atoms with Crippen LogP contribution in [0.4, 0.5) is 0 Å². The quantitative estimate of drug-likeness (QED) is 0.783. The number of sulfonamides is 1. The van der Waals surface area contributed by atoms with Crippen molar-refractivity contribution in [2.45, 2.75) is 44.6 Å². The number of aliphatic carboxylic acids is 1. The third-order valence-corrected chi connectivity index (χ3v) is 6.63. The molecule has 1 aliphatic rings. The van der Waals surface area contributed by atoms with Crippen molar-refractivity contribution in [1.29, 1.82) is 0 Å². The van der Waals surface area contributed by atoms with Crippen LogP contribution in [0, 0.1) is 11.8 Å². The summed E-state index contributed by atoms with van der Waals surface area (Å²) < 4.78 is 26.8. The Kier molecular flexibility index (Phi) is 6.41. The predicted molar refractivity (Wildman–Crippen MR) is 97.3 cm³/mol. The molecule has 8 heteroatoms. The van der Waals surface area contributed by atoms with E-state index < -0.39 is 27.9 Å². The first kappa shape index (κ1) is 20.4. The van der Waals surface area contributed by atoms with E-state index in [9.17, 15) is 18.0 Å². The number of hydrogen-bond donors (Lipinski definition) is 2. The lowest BCUT2D eigenvalue weighted by Crippen LogP contribution is -2.44. The number of amides is 1. The third-order valence-electron chi connectivity index (χ3n) is 4.72. The number of nitrogens with one attached hydrogen (secondary N) is 1. The van der Waals surface area contributed by atoms with Crippen LogP contribution in [-0.2, 0) is 14.8 Å². The summed E-state index contributed by atoms with van der Waals surface area (Å²) in [6.45, 7) is 6.52. The molecule has 1 fully saturated rings. The van der Waals surface area contributed by atoms with Gasteiger partial charge in [-0.1, -0.05) is 20.8 Å². The maximum Gasteiger partial charge on any atom is 0.326 e. The first-order chi connectivity index (χ1) is 12.1. The lowest BCUT2D eigenvalue weighted by Gasteiger charge is -2.29. The Bertz CT molecular complexity index is 750. The van der Waals surface area contributed by atoms with Gasteiger partial charge in [-0.25, -0.2) is 13.2 Å². The molecule has 1 atom stereocenters. The highest BCUT2D eigenvalue weighted by Crippen LogP contribution is 2.23. The Morgan fingerprint density at radius 3 is 2.15 bits per heavy atom. The number of rotatable bonds is 6. The van der Waals surface area contributed by atoms with E-state index in [0.29, 0.717) is 19.0 Å². The van der Waals surface area contributed by atoms with Crippen molar-refractivity contribution >= 4 is 21.9 Å². The fourth-order valence-electron chi connectivity index (χ4n) is 2.89. The zero-order chi connectivity index (χ0) is 19.5. The maximum absolute atomic E-state index is 12.7. The first-order valence-corrected chi connectivity index (χ1v) is 10.2. The highest BCUT2D eigenvalue weighted by atomic mass is 32.2. The monoisotopic (exact) mass is 382 g/mol. The summed E-state index contributed by atoms with van der Waals surface area (Å²) in [6.07, 6.45) is 1.68. The number of carbonyl (C=O) groups is 2. The van der Waals surface area contributed by atoms with E-state index in [1.54, 1.807) is 13.8 Å². The Morgan fingerprint density at radius 2 is 1.69 bits per heavy atom. The number of piperidine rings is 1. The van der Waals surface area contributed by atoms with Gasteiger partial charge in [0.1, 0.15) is 6.04 Å². The van der Waals surface area contributed by atoms with E-state index >= 15 is 0 Å².